The lowest BCUT2D eigenvalue weighted by Crippen LogP contribution is -2.49. The van der Waals surface area contributed by atoms with Crippen molar-refractivity contribution in [1.29, 1.82) is 0 Å². The number of sulfonamides is 1. The summed E-state index contributed by atoms with van der Waals surface area (Å²) in [5.74, 6) is 0.861. The molecule has 8 heteroatoms. The number of hydrogen-bond donors (Lipinski definition) is 2. The first kappa shape index (κ1) is 24.5. The van der Waals surface area contributed by atoms with Gasteiger partial charge in [0.25, 0.3) is 0 Å². The molecule has 0 amide bonds. The molecular formula is C25H34ClN3O3S. The molecule has 6 nitrogen and oxygen atoms in total. The monoisotopic (exact) mass is 491 g/mol. The molecule has 0 radical (unpaired) electrons. The maximum absolute atomic E-state index is 12.1. The van der Waals surface area contributed by atoms with Crippen molar-refractivity contribution in [1.82, 2.24) is 14.9 Å². The first-order valence-electron chi connectivity index (χ1n) is 11.7. The highest BCUT2D eigenvalue weighted by molar-refractivity contribution is 7.89. The van der Waals surface area contributed by atoms with E-state index in [0.717, 1.165) is 36.6 Å². The largest absolute Gasteiger partial charge is 0.492 e. The van der Waals surface area contributed by atoms with E-state index in [-0.39, 0.29) is 23.8 Å². The molecule has 4 rings (SSSR count). The summed E-state index contributed by atoms with van der Waals surface area (Å²) in [6.45, 7) is 2.00. The van der Waals surface area contributed by atoms with Crippen LogP contribution in [0.3, 0.4) is 0 Å². The van der Waals surface area contributed by atoms with Crippen molar-refractivity contribution >= 4 is 21.6 Å². The van der Waals surface area contributed by atoms with E-state index in [1.807, 2.05) is 37.2 Å². The number of halogens is 1. The van der Waals surface area contributed by atoms with Crippen LogP contribution >= 0.6 is 11.6 Å². The Morgan fingerprint density at radius 2 is 1.94 bits per heavy atom. The molecular weight excluding hydrogens is 458 g/mol. The van der Waals surface area contributed by atoms with E-state index in [1.165, 1.54) is 23.1 Å². The van der Waals surface area contributed by atoms with Gasteiger partial charge in [0.05, 0.1) is 5.75 Å². The van der Waals surface area contributed by atoms with Crippen LogP contribution in [0, 0.1) is 0 Å². The van der Waals surface area contributed by atoms with Gasteiger partial charge < -0.3 is 15.0 Å². The number of hydrogen-bond acceptors (Lipinski definition) is 5. The van der Waals surface area contributed by atoms with Gasteiger partial charge in [-0.05, 0) is 80.9 Å². The molecule has 2 aromatic rings. The Morgan fingerprint density at radius 1 is 1.18 bits per heavy atom. The van der Waals surface area contributed by atoms with Crippen LogP contribution in [-0.2, 0) is 21.9 Å². The SMILES string of the molecule is CN(C)CCS(=O)(=O)NCCOc1ccc2c(c1)C(C1(c3ccc(Cl)cc3)CCC1)NCC2. The molecule has 180 valence electrons. The lowest BCUT2D eigenvalue weighted by atomic mass is 9.58. The van der Waals surface area contributed by atoms with Gasteiger partial charge >= 0.3 is 0 Å². The van der Waals surface area contributed by atoms with Gasteiger partial charge in [0.2, 0.25) is 10.0 Å². The van der Waals surface area contributed by atoms with E-state index in [4.69, 9.17) is 16.3 Å². The zero-order valence-electron chi connectivity index (χ0n) is 19.4. The van der Waals surface area contributed by atoms with Gasteiger partial charge in [0.1, 0.15) is 12.4 Å². The Bertz CT molecular complexity index is 1050. The first-order chi connectivity index (χ1) is 15.8. The van der Waals surface area contributed by atoms with Crippen LogP contribution < -0.4 is 14.8 Å². The van der Waals surface area contributed by atoms with Crippen LogP contribution in [0.15, 0.2) is 42.5 Å². The van der Waals surface area contributed by atoms with Crippen LogP contribution in [0.1, 0.15) is 42.0 Å². The van der Waals surface area contributed by atoms with Crippen LogP contribution in [0.4, 0.5) is 0 Å². The summed E-state index contributed by atoms with van der Waals surface area (Å²) >= 11 is 6.15. The fourth-order valence-corrected chi connectivity index (χ4v) is 6.21. The molecule has 1 atom stereocenters. The van der Waals surface area contributed by atoms with Crippen LogP contribution in [-0.4, -0.2) is 59.4 Å². The molecule has 33 heavy (non-hydrogen) atoms. The summed E-state index contributed by atoms with van der Waals surface area (Å²) < 4.78 is 32.7. The minimum Gasteiger partial charge on any atom is -0.492 e. The molecule has 1 heterocycles. The van der Waals surface area contributed by atoms with Gasteiger partial charge in [-0.25, -0.2) is 13.1 Å². The normalized spacial score (nSPS) is 19.7. The average Bonchev–Trinajstić information content (AvgIpc) is 2.76. The Kier molecular flexibility index (Phi) is 7.66. The lowest BCUT2D eigenvalue weighted by molar-refractivity contribution is 0.164. The van der Waals surface area contributed by atoms with E-state index in [9.17, 15) is 8.42 Å². The van der Waals surface area contributed by atoms with Crippen LogP contribution in [0.25, 0.3) is 0 Å². The van der Waals surface area contributed by atoms with Crippen LogP contribution in [0.5, 0.6) is 5.75 Å². The maximum atomic E-state index is 12.1. The third-order valence-corrected chi connectivity index (χ3v) is 8.50. The fraction of sp³-hybridized carbons (Fsp3) is 0.520. The summed E-state index contributed by atoms with van der Waals surface area (Å²) in [6, 6.07) is 14.8. The predicted molar refractivity (Wildman–Crippen MR) is 134 cm³/mol. The predicted octanol–water partition coefficient (Wildman–Crippen LogP) is 3.51. The molecule has 0 aromatic heterocycles. The second-order valence-corrected chi connectivity index (χ2v) is 11.7. The number of rotatable bonds is 10. The van der Waals surface area contributed by atoms with Gasteiger partial charge in [-0.1, -0.05) is 36.2 Å². The molecule has 1 aliphatic heterocycles. The average molecular weight is 492 g/mol. The third kappa shape index (κ3) is 5.72. The minimum absolute atomic E-state index is 0.0699. The lowest BCUT2D eigenvalue weighted by Gasteiger charge is -2.50. The highest BCUT2D eigenvalue weighted by Gasteiger charge is 2.47. The van der Waals surface area contributed by atoms with Crippen molar-refractivity contribution in [2.75, 3.05) is 46.1 Å². The number of benzene rings is 2. The summed E-state index contributed by atoms with van der Waals surface area (Å²) in [5.41, 5.74) is 4.05. The molecule has 2 N–H and O–H groups in total. The number of nitrogens with zero attached hydrogens (tertiary/aromatic N) is 1. The highest BCUT2D eigenvalue weighted by Crippen LogP contribution is 2.53. The molecule has 0 bridgehead atoms. The Hall–Kier alpha value is -1.64. The molecule has 2 aliphatic rings. The van der Waals surface area contributed by atoms with Gasteiger partial charge in [-0.3, -0.25) is 0 Å². The zero-order chi connectivity index (χ0) is 23.5. The number of fused-ring (bicyclic) bond motifs is 1. The van der Waals surface area contributed by atoms with Crippen molar-refractivity contribution in [2.45, 2.75) is 37.1 Å². The highest BCUT2D eigenvalue weighted by atomic mass is 35.5. The first-order valence-corrected chi connectivity index (χ1v) is 13.7. The molecule has 1 unspecified atom stereocenters. The number of ether oxygens (including phenoxy) is 1. The molecule has 0 saturated heterocycles. The summed E-state index contributed by atoms with van der Waals surface area (Å²) in [7, 11) is 0.423. The second-order valence-electron chi connectivity index (χ2n) is 9.38. The van der Waals surface area contributed by atoms with Gasteiger partial charge in [0.15, 0.2) is 0 Å². The fourth-order valence-electron chi connectivity index (χ4n) is 4.94. The third-order valence-electron chi connectivity index (χ3n) is 6.89. The summed E-state index contributed by atoms with van der Waals surface area (Å²) in [5, 5.41) is 4.55. The van der Waals surface area contributed by atoms with Crippen molar-refractivity contribution in [2.24, 2.45) is 0 Å². The molecule has 1 aliphatic carbocycles. The second kappa shape index (κ2) is 10.3. The summed E-state index contributed by atoms with van der Waals surface area (Å²) in [4.78, 5) is 1.85. The quantitative estimate of drug-likeness (QED) is 0.498. The molecule has 2 aromatic carbocycles. The smallest absolute Gasteiger partial charge is 0.212 e. The van der Waals surface area contributed by atoms with E-state index in [1.54, 1.807) is 0 Å². The van der Waals surface area contributed by atoms with Crippen LogP contribution in [0.2, 0.25) is 5.02 Å². The van der Waals surface area contributed by atoms with E-state index in [0.29, 0.717) is 13.2 Å². The maximum Gasteiger partial charge on any atom is 0.212 e. The van der Waals surface area contributed by atoms with Gasteiger partial charge in [-0.2, -0.15) is 0 Å². The van der Waals surface area contributed by atoms with Crippen molar-refractivity contribution < 1.29 is 13.2 Å². The Balaban J connectivity index is 1.45. The van der Waals surface area contributed by atoms with E-state index < -0.39 is 10.0 Å². The molecule has 1 fully saturated rings. The molecule has 1 saturated carbocycles. The van der Waals surface area contributed by atoms with Crippen molar-refractivity contribution in [3.63, 3.8) is 0 Å². The van der Waals surface area contributed by atoms with Crippen molar-refractivity contribution in [3.05, 3.63) is 64.2 Å². The van der Waals surface area contributed by atoms with Crippen molar-refractivity contribution in [3.8, 4) is 5.75 Å². The molecule has 0 spiro atoms. The number of nitrogens with one attached hydrogen (secondary N) is 2. The Morgan fingerprint density at radius 3 is 2.61 bits per heavy atom. The zero-order valence-corrected chi connectivity index (χ0v) is 21.0. The Labute approximate surface area is 202 Å². The standard InChI is InChI=1S/C25H34ClN3O3S/c1-29(2)15-17-33(30,31)28-14-16-32-22-9-4-19-10-13-27-24(23(19)18-22)25(11-3-12-25)20-5-7-21(26)8-6-20/h4-9,18,24,27-28H,3,10-17H2,1-2H3. The van der Waals surface area contributed by atoms with E-state index >= 15 is 0 Å². The van der Waals surface area contributed by atoms with E-state index in [2.05, 4.69) is 34.3 Å². The topological polar surface area (TPSA) is 70.7 Å². The minimum atomic E-state index is -3.29. The van der Waals surface area contributed by atoms with Gasteiger partial charge in [0, 0.05) is 29.6 Å². The summed E-state index contributed by atoms with van der Waals surface area (Å²) in [6.07, 6.45) is 4.51. The van der Waals surface area contributed by atoms with Gasteiger partial charge in [-0.15, -0.1) is 0 Å².